The normalized spacial score (nSPS) is 11.2. The van der Waals surface area contributed by atoms with E-state index in [1.54, 1.807) is 30.3 Å². The molecule has 0 aliphatic heterocycles. The Morgan fingerprint density at radius 2 is 1.81 bits per heavy atom. The molecule has 0 radical (unpaired) electrons. The fourth-order valence-electron chi connectivity index (χ4n) is 3.01. The summed E-state index contributed by atoms with van der Waals surface area (Å²) in [6.07, 6.45) is 3.42. The Morgan fingerprint density at radius 1 is 1.06 bits per heavy atom. The van der Waals surface area contributed by atoms with Gasteiger partial charge >= 0.3 is 6.03 Å². The molecule has 1 aromatic heterocycles. The van der Waals surface area contributed by atoms with Crippen molar-refractivity contribution in [1.82, 2.24) is 15.3 Å². The minimum absolute atomic E-state index is 0.131. The molecule has 0 aliphatic carbocycles. The van der Waals surface area contributed by atoms with Gasteiger partial charge in [-0.25, -0.2) is 14.8 Å². The number of aromatic nitrogens is 2. The summed E-state index contributed by atoms with van der Waals surface area (Å²) in [4.78, 5) is 32.4. The third kappa shape index (κ3) is 8.39. The molecule has 0 aliphatic rings. The number of rotatable bonds is 10. The van der Waals surface area contributed by atoms with Gasteiger partial charge in [-0.1, -0.05) is 35.3 Å². The molecular weight excluding hydrogens is 505 g/mol. The molecule has 5 N–H and O–H groups in total. The van der Waals surface area contributed by atoms with Crippen LogP contribution in [0.15, 0.2) is 54.9 Å². The van der Waals surface area contributed by atoms with Crippen molar-refractivity contribution in [3.8, 4) is 11.8 Å². The molecule has 3 rings (SSSR count). The van der Waals surface area contributed by atoms with Gasteiger partial charge in [-0.3, -0.25) is 10.1 Å². The van der Waals surface area contributed by atoms with Crippen LogP contribution in [0, 0.1) is 11.3 Å². The Bertz CT molecular complexity index is 1230. The molecule has 0 saturated carbocycles. The highest BCUT2D eigenvalue weighted by molar-refractivity contribution is 6.31. The molecular formula is C24H23Cl2N7O3. The molecule has 1 heterocycles. The number of nitriles is 1. The van der Waals surface area contributed by atoms with Crippen LogP contribution in [0.4, 0.5) is 16.3 Å². The van der Waals surface area contributed by atoms with E-state index in [2.05, 4.69) is 25.9 Å². The molecule has 36 heavy (non-hydrogen) atoms. The zero-order valence-corrected chi connectivity index (χ0v) is 20.5. The van der Waals surface area contributed by atoms with Gasteiger partial charge in [0.15, 0.2) is 11.5 Å². The zero-order chi connectivity index (χ0) is 25.9. The molecule has 0 bridgehead atoms. The van der Waals surface area contributed by atoms with Crippen LogP contribution < -0.4 is 26.4 Å². The van der Waals surface area contributed by atoms with Gasteiger partial charge in [0.25, 0.3) is 0 Å². The third-order valence-corrected chi connectivity index (χ3v) is 5.27. The molecule has 186 valence electrons. The average Bonchev–Trinajstić information content (AvgIpc) is 2.86. The van der Waals surface area contributed by atoms with Crippen LogP contribution in [0.5, 0.6) is 5.75 Å². The lowest BCUT2D eigenvalue weighted by molar-refractivity contribution is -0.122. The van der Waals surface area contributed by atoms with Crippen molar-refractivity contribution in [3.63, 3.8) is 0 Å². The Balaban J connectivity index is 1.44. The fourth-order valence-corrected chi connectivity index (χ4v) is 3.31. The smallest absolute Gasteiger partial charge is 0.325 e. The molecule has 0 spiro atoms. The van der Waals surface area contributed by atoms with E-state index in [4.69, 9.17) is 38.9 Å². The number of halogens is 2. The van der Waals surface area contributed by atoms with Crippen LogP contribution in [0.25, 0.3) is 0 Å². The zero-order valence-electron chi connectivity index (χ0n) is 19.0. The van der Waals surface area contributed by atoms with E-state index in [0.29, 0.717) is 40.9 Å². The van der Waals surface area contributed by atoms with E-state index in [0.717, 1.165) is 5.56 Å². The number of hydrogen-bond acceptors (Lipinski definition) is 7. The summed E-state index contributed by atoms with van der Waals surface area (Å²) in [5.74, 6) is 0.300. The van der Waals surface area contributed by atoms with Gasteiger partial charge in [0.05, 0.1) is 30.7 Å². The van der Waals surface area contributed by atoms with Crippen LogP contribution >= 0.6 is 23.2 Å². The fraction of sp³-hybridized carbons (Fsp3) is 0.208. The Hall–Kier alpha value is -3.91. The Labute approximate surface area is 217 Å². The lowest BCUT2D eigenvalue weighted by atomic mass is 10.1. The standard InChI is InChI=1S/C24H23Cl2N7O3/c25-16-4-2-15(3-5-16)10-19(28)23(34)29-8-1-9-36-21-7-6-17(26)11-20(21)32-24(35)33-22-14-30-18(12-27)13-31-22/h2-7,11,13-14,19H,1,8-10,28H2,(H,29,34)(H2,31,32,33,35)/t19-/m0/s1. The number of benzene rings is 2. The first kappa shape index (κ1) is 26.7. The summed E-state index contributed by atoms with van der Waals surface area (Å²) < 4.78 is 5.76. The monoisotopic (exact) mass is 527 g/mol. The van der Waals surface area contributed by atoms with Gasteiger partial charge < -0.3 is 21.1 Å². The van der Waals surface area contributed by atoms with Crippen LogP contribution in [0.1, 0.15) is 17.7 Å². The third-order valence-electron chi connectivity index (χ3n) is 4.78. The van der Waals surface area contributed by atoms with Gasteiger partial charge in [0.1, 0.15) is 11.8 Å². The van der Waals surface area contributed by atoms with Crippen molar-refractivity contribution < 1.29 is 14.3 Å². The molecule has 3 amide bonds. The number of carbonyl (C=O) groups is 2. The minimum atomic E-state index is -0.682. The van der Waals surface area contributed by atoms with Gasteiger partial charge in [0.2, 0.25) is 5.91 Å². The second kappa shape index (κ2) is 13.3. The van der Waals surface area contributed by atoms with E-state index in [1.165, 1.54) is 12.4 Å². The first-order valence-corrected chi connectivity index (χ1v) is 11.6. The quantitative estimate of drug-likeness (QED) is 0.292. The van der Waals surface area contributed by atoms with Gasteiger partial charge in [-0.2, -0.15) is 5.26 Å². The van der Waals surface area contributed by atoms with E-state index in [-0.39, 0.29) is 24.0 Å². The summed E-state index contributed by atoms with van der Waals surface area (Å²) in [6, 6.07) is 12.5. The van der Waals surface area contributed by atoms with Crippen LogP contribution in [-0.4, -0.2) is 41.1 Å². The topological polar surface area (TPSA) is 155 Å². The number of urea groups is 1. The molecule has 10 nitrogen and oxygen atoms in total. The van der Waals surface area contributed by atoms with Crippen molar-refractivity contribution in [3.05, 3.63) is 76.2 Å². The van der Waals surface area contributed by atoms with Crippen molar-refractivity contribution in [2.45, 2.75) is 18.9 Å². The number of anilines is 2. The Kier molecular flexibility index (Phi) is 9.82. The lowest BCUT2D eigenvalue weighted by Crippen LogP contribution is -2.42. The summed E-state index contributed by atoms with van der Waals surface area (Å²) >= 11 is 11.9. The van der Waals surface area contributed by atoms with Gasteiger partial charge in [-0.15, -0.1) is 0 Å². The minimum Gasteiger partial charge on any atom is -0.491 e. The van der Waals surface area contributed by atoms with Gasteiger partial charge in [0, 0.05) is 16.6 Å². The summed E-state index contributed by atoms with van der Waals surface area (Å²) in [7, 11) is 0. The molecule has 0 saturated heterocycles. The van der Waals surface area contributed by atoms with Crippen molar-refractivity contribution in [2.24, 2.45) is 5.73 Å². The molecule has 12 heteroatoms. The second-order valence-electron chi connectivity index (χ2n) is 7.55. The maximum Gasteiger partial charge on any atom is 0.325 e. The highest BCUT2D eigenvalue weighted by Crippen LogP contribution is 2.28. The predicted octanol–water partition coefficient (Wildman–Crippen LogP) is 3.75. The van der Waals surface area contributed by atoms with Crippen molar-refractivity contribution in [2.75, 3.05) is 23.8 Å². The number of ether oxygens (including phenoxy) is 1. The lowest BCUT2D eigenvalue weighted by Gasteiger charge is -2.15. The van der Waals surface area contributed by atoms with Crippen LogP contribution in [0.3, 0.4) is 0 Å². The van der Waals surface area contributed by atoms with Crippen molar-refractivity contribution >= 4 is 46.6 Å². The second-order valence-corrected chi connectivity index (χ2v) is 8.42. The molecule has 0 unspecified atom stereocenters. The molecule has 1 atom stereocenters. The van der Waals surface area contributed by atoms with E-state index in [9.17, 15) is 9.59 Å². The molecule has 0 fully saturated rings. The number of hydrogen-bond donors (Lipinski definition) is 4. The summed E-state index contributed by atoms with van der Waals surface area (Å²) in [6.45, 7) is 0.632. The number of nitrogens with two attached hydrogens (primary N) is 1. The van der Waals surface area contributed by atoms with E-state index < -0.39 is 12.1 Å². The number of carbonyl (C=O) groups excluding carboxylic acids is 2. The Morgan fingerprint density at radius 3 is 2.50 bits per heavy atom. The van der Waals surface area contributed by atoms with E-state index in [1.807, 2.05) is 18.2 Å². The number of amides is 3. The summed E-state index contributed by atoms with van der Waals surface area (Å²) in [5.41, 5.74) is 7.38. The van der Waals surface area contributed by atoms with E-state index >= 15 is 0 Å². The van der Waals surface area contributed by atoms with Crippen LogP contribution in [0.2, 0.25) is 10.0 Å². The first-order chi connectivity index (χ1) is 17.3. The maximum atomic E-state index is 12.3. The first-order valence-electron chi connectivity index (χ1n) is 10.8. The van der Waals surface area contributed by atoms with Crippen molar-refractivity contribution in [1.29, 1.82) is 5.26 Å². The molecule has 2 aromatic carbocycles. The van der Waals surface area contributed by atoms with Gasteiger partial charge in [-0.05, 0) is 48.7 Å². The highest BCUT2D eigenvalue weighted by atomic mass is 35.5. The largest absolute Gasteiger partial charge is 0.491 e. The predicted molar refractivity (Wildman–Crippen MR) is 137 cm³/mol. The number of nitrogens with zero attached hydrogens (tertiary/aromatic N) is 3. The molecule has 3 aromatic rings. The summed E-state index contributed by atoms with van der Waals surface area (Å²) in [5, 5.41) is 17.7. The number of nitrogens with one attached hydrogen (secondary N) is 3. The highest BCUT2D eigenvalue weighted by Gasteiger charge is 2.14. The maximum absolute atomic E-state index is 12.3. The SMILES string of the molecule is N#Cc1cnc(NC(=O)Nc2cc(Cl)ccc2OCCCNC(=O)[C@@H](N)Cc2ccc(Cl)cc2)cn1. The average molecular weight is 528 g/mol. The van der Waals surface area contributed by atoms with Crippen LogP contribution in [-0.2, 0) is 11.2 Å².